The minimum atomic E-state index is -1.21. The zero-order valence-electron chi connectivity index (χ0n) is 15.0. The van der Waals surface area contributed by atoms with E-state index in [1.165, 1.54) is 18.4 Å². The largest absolute Gasteiger partial charge is 0.443 e. The number of ether oxygens (including phenoxy) is 1. The van der Waals surface area contributed by atoms with Gasteiger partial charge in [0.1, 0.15) is 4.88 Å². The maximum atomic E-state index is 12.6. The van der Waals surface area contributed by atoms with Gasteiger partial charge >= 0.3 is 12.0 Å². The van der Waals surface area contributed by atoms with Crippen LogP contribution in [-0.4, -0.2) is 25.0 Å². The van der Waals surface area contributed by atoms with E-state index in [1.807, 2.05) is 13.0 Å². The molecule has 0 saturated carbocycles. The molecule has 1 aromatic heterocycles. The van der Waals surface area contributed by atoms with Crippen LogP contribution in [0.2, 0.25) is 0 Å². The van der Waals surface area contributed by atoms with E-state index in [9.17, 15) is 14.4 Å². The molecule has 3 amide bonds. The van der Waals surface area contributed by atoms with Gasteiger partial charge in [0.2, 0.25) is 6.10 Å². The molecule has 0 aliphatic heterocycles. The molecule has 0 unspecified atom stereocenters. The lowest BCUT2D eigenvalue weighted by Gasteiger charge is -2.17. The van der Waals surface area contributed by atoms with Crippen molar-refractivity contribution in [2.75, 3.05) is 7.05 Å². The quantitative estimate of drug-likeness (QED) is 0.760. The van der Waals surface area contributed by atoms with Gasteiger partial charge in [0, 0.05) is 17.5 Å². The molecule has 0 radical (unpaired) electrons. The molecule has 0 saturated heterocycles. The van der Waals surface area contributed by atoms with Crippen LogP contribution in [0.4, 0.5) is 4.79 Å². The third-order valence-electron chi connectivity index (χ3n) is 3.77. The summed E-state index contributed by atoms with van der Waals surface area (Å²) in [5.74, 6) is -1.28. The average Bonchev–Trinajstić information content (AvgIpc) is 3.01. The topological polar surface area (TPSA) is 84.5 Å². The van der Waals surface area contributed by atoms with E-state index < -0.39 is 24.0 Å². The predicted octanol–water partition coefficient (Wildman–Crippen LogP) is 3.36. The second-order valence-corrected chi connectivity index (χ2v) is 6.96. The number of rotatable bonds is 6. The van der Waals surface area contributed by atoms with E-state index in [1.54, 1.807) is 30.3 Å². The highest BCUT2D eigenvalue weighted by molar-refractivity contribution is 7.14. The Labute approximate surface area is 156 Å². The third kappa shape index (κ3) is 4.92. The molecule has 0 spiro atoms. The summed E-state index contributed by atoms with van der Waals surface area (Å²) in [4.78, 5) is 37.9. The second-order valence-electron chi connectivity index (χ2n) is 5.71. The Morgan fingerprint density at radius 2 is 1.88 bits per heavy atom. The van der Waals surface area contributed by atoms with Gasteiger partial charge in [-0.2, -0.15) is 0 Å². The van der Waals surface area contributed by atoms with Gasteiger partial charge in [-0.15, -0.1) is 11.3 Å². The van der Waals surface area contributed by atoms with Crippen LogP contribution in [0.5, 0.6) is 0 Å². The molecule has 1 aromatic carbocycles. The normalized spacial score (nSPS) is 11.5. The van der Waals surface area contributed by atoms with Crippen LogP contribution < -0.4 is 10.6 Å². The molecular formula is C19H22N2O4S. The van der Waals surface area contributed by atoms with E-state index in [2.05, 4.69) is 17.6 Å². The van der Waals surface area contributed by atoms with Crippen LogP contribution >= 0.6 is 11.3 Å². The summed E-state index contributed by atoms with van der Waals surface area (Å²) in [7, 11) is 1.40. The molecule has 0 bridgehead atoms. The minimum Gasteiger partial charge on any atom is -0.443 e. The first-order chi connectivity index (χ1) is 12.5. The van der Waals surface area contributed by atoms with Crippen LogP contribution in [-0.2, 0) is 16.0 Å². The number of aryl methyl sites for hydroxylation is 2. The number of hydrogen-bond donors (Lipinski definition) is 2. The number of benzene rings is 1. The first-order valence-electron chi connectivity index (χ1n) is 8.34. The number of urea groups is 1. The first-order valence-corrected chi connectivity index (χ1v) is 9.15. The number of imide groups is 1. The third-order valence-corrected chi connectivity index (χ3v) is 4.84. The Bertz CT molecular complexity index is 786. The zero-order valence-corrected chi connectivity index (χ0v) is 15.8. The Balaban J connectivity index is 2.23. The SMILES string of the molecule is CCCc1cc(C(=O)O[C@H](C(=O)NC(=O)NC)c2ccccc2)sc1C. The molecule has 0 aliphatic carbocycles. The zero-order chi connectivity index (χ0) is 19.1. The van der Waals surface area contributed by atoms with Crippen molar-refractivity contribution < 1.29 is 19.1 Å². The van der Waals surface area contributed by atoms with Crippen molar-refractivity contribution >= 4 is 29.2 Å². The lowest BCUT2D eigenvalue weighted by atomic mass is 10.1. The average molecular weight is 374 g/mol. The summed E-state index contributed by atoms with van der Waals surface area (Å²) in [6, 6.07) is 9.75. The van der Waals surface area contributed by atoms with Crippen molar-refractivity contribution in [3.63, 3.8) is 0 Å². The van der Waals surface area contributed by atoms with E-state index in [0.29, 0.717) is 10.4 Å². The van der Waals surface area contributed by atoms with Crippen LogP contribution in [0.3, 0.4) is 0 Å². The Hall–Kier alpha value is -2.67. The van der Waals surface area contributed by atoms with Crippen molar-refractivity contribution in [3.8, 4) is 0 Å². The van der Waals surface area contributed by atoms with E-state index in [0.717, 1.165) is 23.3 Å². The highest BCUT2D eigenvalue weighted by atomic mass is 32.1. The number of hydrogen-bond acceptors (Lipinski definition) is 5. The summed E-state index contributed by atoms with van der Waals surface area (Å²) in [6.45, 7) is 4.03. The van der Waals surface area contributed by atoms with Gasteiger partial charge < -0.3 is 10.1 Å². The van der Waals surface area contributed by atoms with Crippen molar-refractivity contribution in [2.45, 2.75) is 32.8 Å². The van der Waals surface area contributed by atoms with E-state index >= 15 is 0 Å². The molecule has 0 aliphatic rings. The minimum absolute atomic E-state index is 0.444. The molecule has 0 fully saturated rings. The molecule has 2 N–H and O–H groups in total. The van der Waals surface area contributed by atoms with Crippen molar-refractivity contribution in [1.82, 2.24) is 10.6 Å². The van der Waals surface area contributed by atoms with Gasteiger partial charge in [0.05, 0.1) is 0 Å². The fraction of sp³-hybridized carbons (Fsp3) is 0.316. The van der Waals surface area contributed by atoms with Gasteiger partial charge in [-0.05, 0) is 25.0 Å². The van der Waals surface area contributed by atoms with Gasteiger partial charge in [-0.1, -0.05) is 43.7 Å². The molecule has 2 rings (SSSR count). The van der Waals surface area contributed by atoms with Crippen molar-refractivity contribution in [3.05, 3.63) is 57.3 Å². The Morgan fingerprint density at radius 3 is 2.50 bits per heavy atom. The summed E-state index contributed by atoms with van der Waals surface area (Å²) in [5, 5.41) is 4.46. The van der Waals surface area contributed by atoms with Crippen LogP contribution in [0, 0.1) is 6.92 Å². The molecule has 138 valence electrons. The van der Waals surface area contributed by atoms with Crippen molar-refractivity contribution in [2.24, 2.45) is 0 Å². The number of carbonyl (C=O) groups is 3. The summed E-state index contributed by atoms with van der Waals surface area (Å²) >= 11 is 1.34. The van der Waals surface area contributed by atoms with Crippen LogP contribution in [0.1, 0.15) is 45.1 Å². The number of amides is 3. The van der Waals surface area contributed by atoms with Gasteiger partial charge in [0.15, 0.2) is 0 Å². The number of thiophene rings is 1. The van der Waals surface area contributed by atoms with Crippen molar-refractivity contribution in [1.29, 1.82) is 0 Å². The maximum Gasteiger partial charge on any atom is 0.349 e. The number of carbonyl (C=O) groups excluding carboxylic acids is 3. The standard InChI is InChI=1S/C19H22N2O4S/c1-4-8-14-11-15(26-12(14)2)18(23)25-16(13-9-6-5-7-10-13)17(22)21-19(24)20-3/h5-7,9-11,16H,4,8H2,1-3H3,(H2,20,21,22,24)/t16-/m0/s1. The lowest BCUT2D eigenvalue weighted by molar-refractivity contribution is -0.129. The Kier molecular flexibility index (Phi) is 6.91. The molecular weight excluding hydrogens is 352 g/mol. The molecule has 26 heavy (non-hydrogen) atoms. The van der Waals surface area contributed by atoms with E-state index in [4.69, 9.17) is 4.74 Å². The first kappa shape index (κ1) is 19.7. The van der Waals surface area contributed by atoms with Gasteiger partial charge in [-0.25, -0.2) is 9.59 Å². The fourth-order valence-corrected chi connectivity index (χ4v) is 3.40. The van der Waals surface area contributed by atoms with E-state index in [-0.39, 0.29) is 0 Å². The second kappa shape index (κ2) is 9.15. The van der Waals surface area contributed by atoms with Gasteiger partial charge in [0.25, 0.3) is 5.91 Å². The number of nitrogens with one attached hydrogen (secondary N) is 2. The molecule has 6 nitrogen and oxygen atoms in total. The summed E-state index contributed by atoms with van der Waals surface area (Å²) in [5.41, 5.74) is 1.60. The smallest absolute Gasteiger partial charge is 0.349 e. The Morgan fingerprint density at radius 1 is 1.19 bits per heavy atom. The van der Waals surface area contributed by atoms with Gasteiger partial charge in [-0.3, -0.25) is 10.1 Å². The van der Waals surface area contributed by atoms with Crippen LogP contribution in [0.25, 0.3) is 0 Å². The fourth-order valence-electron chi connectivity index (χ4n) is 2.44. The highest BCUT2D eigenvalue weighted by Gasteiger charge is 2.27. The molecule has 1 atom stereocenters. The predicted molar refractivity (Wildman–Crippen MR) is 100 cm³/mol. The molecule has 2 aromatic rings. The lowest BCUT2D eigenvalue weighted by Crippen LogP contribution is -2.41. The summed E-state index contributed by atoms with van der Waals surface area (Å²) < 4.78 is 5.46. The highest BCUT2D eigenvalue weighted by Crippen LogP contribution is 2.26. The van der Waals surface area contributed by atoms with Crippen LogP contribution in [0.15, 0.2) is 36.4 Å². The molecule has 1 heterocycles. The number of esters is 1. The maximum absolute atomic E-state index is 12.6. The summed E-state index contributed by atoms with van der Waals surface area (Å²) in [6.07, 6.45) is 0.653. The monoisotopic (exact) mass is 374 g/mol. The molecule has 7 heteroatoms.